The molecule has 0 fully saturated rings. The molecule has 0 aliphatic heterocycles. The molecule has 20 heavy (non-hydrogen) atoms. The van der Waals surface area contributed by atoms with Gasteiger partial charge in [0.15, 0.2) is 5.06 Å². The summed E-state index contributed by atoms with van der Waals surface area (Å²) in [4.78, 5) is 23.2. The van der Waals surface area contributed by atoms with Gasteiger partial charge in [0.1, 0.15) is 0 Å². The largest absolute Gasteiger partial charge is 0.517 e. The first-order valence-corrected chi connectivity index (χ1v) is 7.31. The second kappa shape index (κ2) is 7.28. The molecule has 1 heterocycles. The molecule has 0 aliphatic rings. The van der Waals surface area contributed by atoms with E-state index in [0.717, 1.165) is 5.56 Å². The summed E-state index contributed by atoms with van der Waals surface area (Å²) >= 11 is 1.30. The number of aryl methyl sites for hydroxylation is 1. The molecule has 0 bridgehead atoms. The maximum absolute atomic E-state index is 11.7. The minimum Gasteiger partial charge on any atom is -0.425 e. The van der Waals surface area contributed by atoms with Crippen LogP contribution in [0.3, 0.4) is 0 Å². The second-order valence-corrected chi connectivity index (χ2v) is 5.99. The van der Waals surface area contributed by atoms with Crippen molar-refractivity contribution in [3.63, 3.8) is 0 Å². The van der Waals surface area contributed by atoms with E-state index in [1.54, 1.807) is 33.8 Å². The molecule has 0 aromatic carbocycles. The Morgan fingerprint density at radius 2 is 1.80 bits per heavy atom. The molecule has 0 aliphatic carbocycles. The molecule has 5 nitrogen and oxygen atoms in total. The zero-order valence-electron chi connectivity index (χ0n) is 12.3. The minimum absolute atomic E-state index is 0.157. The Hall–Kier alpha value is -1.56. The number of hydrogen-bond donors (Lipinski definition) is 0. The van der Waals surface area contributed by atoms with E-state index < -0.39 is 18.4 Å². The molecular formula is C14H20O5S. The van der Waals surface area contributed by atoms with E-state index in [9.17, 15) is 9.59 Å². The molecule has 0 amide bonds. The van der Waals surface area contributed by atoms with Crippen LogP contribution in [0.15, 0.2) is 11.4 Å². The molecule has 1 aromatic rings. The van der Waals surface area contributed by atoms with Gasteiger partial charge in [0.2, 0.25) is 0 Å². The third kappa shape index (κ3) is 5.21. The summed E-state index contributed by atoms with van der Waals surface area (Å²) in [5.74, 6) is -0.852. The predicted molar refractivity (Wildman–Crippen MR) is 75.7 cm³/mol. The number of carbonyl (C=O) groups is 2. The lowest BCUT2D eigenvalue weighted by Gasteiger charge is -2.21. The predicted octanol–water partition coefficient (Wildman–Crippen LogP) is 3.75. The summed E-state index contributed by atoms with van der Waals surface area (Å²) in [5.41, 5.74) is 1.00. The van der Waals surface area contributed by atoms with E-state index in [0.29, 0.717) is 5.06 Å². The molecule has 1 rings (SSSR count). The van der Waals surface area contributed by atoms with Crippen molar-refractivity contribution in [2.45, 2.75) is 40.9 Å². The number of ether oxygens (including phenoxy) is 3. The van der Waals surface area contributed by atoms with Crippen LogP contribution in [0.2, 0.25) is 0 Å². The Morgan fingerprint density at radius 3 is 2.25 bits per heavy atom. The van der Waals surface area contributed by atoms with Crippen LogP contribution < -0.4 is 4.74 Å². The average Bonchev–Trinajstić information content (AvgIpc) is 2.73. The Morgan fingerprint density at radius 1 is 1.15 bits per heavy atom. The Labute approximate surface area is 122 Å². The van der Waals surface area contributed by atoms with Gasteiger partial charge >= 0.3 is 12.1 Å². The highest BCUT2D eigenvalue weighted by Crippen LogP contribution is 2.23. The van der Waals surface area contributed by atoms with Crippen LogP contribution in [0.4, 0.5) is 4.79 Å². The fourth-order valence-corrected chi connectivity index (χ4v) is 1.95. The molecule has 1 aromatic heterocycles. The summed E-state index contributed by atoms with van der Waals surface area (Å²) in [6.07, 6.45) is -1.82. The first kappa shape index (κ1) is 16.5. The highest BCUT2D eigenvalue weighted by Gasteiger charge is 2.25. The molecule has 1 atom stereocenters. The number of rotatable bonds is 5. The van der Waals surface area contributed by atoms with Crippen LogP contribution in [-0.4, -0.2) is 18.4 Å². The maximum Gasteiger partial charge on any atom is 0.517 e. The molecule has 112 valence electrons. The Kier molecular flexibility index (Phi) is 6.01. The maximum atomic E-state index is 11.7. The van der Waals surface area contributed by atoms with E-state index in [2.05, 4.69) is 0 Å². The van der Waals surface area contributed by atoms with Gasteiger partial charge in [-0.05, 0) is 23.9 Å². The van der Waals surface area contributed by atoms with Crippen molar-refractivity contribution in [1.82, 2.24) is 0 Å². The molecule has 0 radical (unpaired) electrons. The van der Waals surface area contributed by atoms with Gasteiger partial charge in [0, 0.05) is 5.92 Å². The number of hydrogen-bond acceptors (Lipinski definition) is 6. The number of esters is 1. The lowest BCUT2D eigenvalue weighted by Crippen LogP contribution is -2.31. The van der Waals surface area contributed by atoms with E-state index in [1.807, 2.05) is 12.3 Å². The van der Waals surface area contributed by atoms with Gasteiger partial charge in [0.05, 0.1) is 5.92 Å². The smallest absolute Gasteiger partial charge is 0.425 e. The molecular weight excluding hydrogens is 280 g/mol. The van der Waals surface area contributed by atoms with Gasteiger partial charge in [-0.3, -0.25) is 4.79 Å². The van der Waals surface area contributed by atoms with Crippen molar-refractivity contribution in [2.75, 3.05) is 0 Å². The van der Waals surface area contributed by atoms with E-state index in [-0.39, 0.29) is 11.8 Å². The normalized spacial score (nSPS) is 12.3. The summed E-state index contributed by atoms with van der Waals surface area (Å²) in [7, 11) is 0. The Balaban J connectivity index is 2.57. The number of thiophene rings is 1. The summed E-state index contributed by atoms with van der Waals surface area (Å²) in [6.45, 7) is 8.91. The zero-order valence-corrected chi connectivity index (χ0v) is 13.2. The molecule has 6 heteroatoms. The fourth-order valence-electron chi connectivity index (χ4n) is 1.21. The van der Waals surface area contributed by atoms with Crippen LogP contribution in [-0.2, 0) is 14.3 Å². The monoisotopic (exact) mass is 300 g/mol. The minimum atomic E-state index is -0.946. The fraction of sp³-hybridized carbons (Fsp3) is 0.571. The van der Waals surface area contributed by atoms with Crippen LogP contribution in [0.5, 0.6) is 5.06 Å². The van der Waals surface area contributed by atoms with Gasteiger partial charge in [0.25, 0.3) is 6.29 Å². The van der Waals surface area contributed by atoms with Crippen LogP contribution in [0, 0.1) is 18.8 Å². The molecule has 0 spiro atoms. The van der Waals surface area contributed by atoms with Gasteiger partial charge in [-0.2, -0.15) is 0 Å². The van der Waals surface area contributed by atoms with E-state index in [1.165, 1.54) is 11.3 Å². The van der Waals surface area contributed by atoms with Gasteiger partial charge in [-0.25, -0.2) is 4.79 Å². The first-order valence-electron chi connectivity index (χ1n) is 6.43. The summed E-state index contributed by atoms with van der Waals surface area (Å²) in [6, 6.07) is 1.73. The highest BCUT2D eigenvalue weighted by molar-refractivity contribution is 7.12. The van der Waals surface area contributed by atoms with Crippen molar-refractivity contribution >= 4 is 23.5 Å². The van der Waals surface area contributed by atoms with Crippen LogP contribution >= 0.6 is 11.3 Å². The Bertz CT molecular complexity index is 464. The summed E-state index contributed by atoms with van der Waals surface area (Å²) < 4.78 is 15.2. The third-order valence-electron chi connectivity index (χ3n) is 2.35. The number of carbonyl (C=O) groups excluding carboxylic acids is 2. The lowest BCUT2D eigenvalue weighted by molar-refractivity contribution is -0.180. The van der Waals surface area contributed by atoms with Crippen molar-refractivity contribution < 1.29 is 23.8 Å². The lowest BCUT2D eigenvalue weighted by atomic mass is 10.2. The van der Waals surface area contributed by atoms with E-state index in [4.69, 9.17) is 14.2 Å². The van der Waals surface area contributed by atoms with Gasteiger partial charge < -0.3 is 14.2 Å². The van der Waals surface area contributed by atoms with Crippen molar-refractivity contribution in [2.24, 2.45) is 11.8 Å². The average molecular weight is 300 g/mol. The van der Waals surface area contributed by atoms with Gasteiger partial charge in [-0.1, -0.05) is 27.7 Å². The molecule has 1 unspecified atom stereocenters. The zero-order chi connectivity index (χ0) is 15.3. The first-order chi connectivity index (χ1) is 9.29. The SMILES string of the molecule is Cc1csc(OC(=O)OC(OC(=O)C(C)C)C(C)C)c1. The highest BCUT2D eigenvalue weighted by atomic mass is 32.1. The van der Waals surface area contributed by atoms with Crippen molar-refractivity contribution in [1.29, 1.82) is 0 Å². The standard InChI is InChI=1S/C14H20O5S/c1-8(2)12(15)18-13(9(3)4)19-14(16)17-11-6-10(5)7-20-11/h6-9,13H,1-5H3. The molecule has 0 N–H and O–H groups in total. The van der Waals surface area contributed by atoms with Crippen molar-refractivity contribution in [3.8, 4) is 5.06 Å². The third-order valence-corrected chi connectivity index (χ3v) is 3.27. The van der Waals surface area contributed by atoms with E-state index >= 15 is 0 Å². The molecule has 0 saturated heterocycles. The molecule has 0 saturated carbocycles. The topological polar surface area (TPSA) is 61.8 Å². The second-order valence-electron chi connectivity index (χ2n) is 5.12. The van der Waals surface area contributed by atoms with Crippen LogP contribution in [0.1, 0.15) is 33.3 Å². The summed E-state index contributed by atoms with van der Waals surface area (Å²) in [5, 5.41) is 2.31. The van der Waals surface area contributed by atoms with Gasteiger partial charge in [-0.15, -0.1) is 11.3 Å². The van der Waals surface area contributed by atoms with Crippen molar-refractivity contribution in [3.05, 3.63) is 17.0 Å². The van der Waals surface area contributed by atoms with Crippen LogP contribution in [0.25, 0.3) is 0 Å². The quantitative estimate of drug-likeness (QED) is 0.612.